The van der Waals surface area contributed by atoms with Gasteiger partial charge in [0.2, 0.25) is 4.96 Å². The highest BCUT2D eigenvalue weighted by Gasteiger charge is 2.30. The van der Waals surface area contributed by atoms with Gasteiger partial charge in [-0.05, 0) is 30.3 Å². The summed E-state index contributed by atoms with van der Waals surface area (Å²) in [6.45, 7) is 0. The van der Waals surface area contributed by atoms with Crippen molar-refractivity contribution in [1.82, 2.24) is 19.2 Å². The van der Waals surface area contributed by atoms with E-state index in [9.17, 15) is 13.2 Å². The number of rotatable bonds is 2. The van der Waals surface area contributed by atoms with Crippen molar-refractivity contribution in [1.29, 1.82) is 0 Å². The highest BCUT2D eigenvalue weighted by Crippen LogP contribution is 2.36. The third-order valence-corrected chi connectivity index (χ3v) is 6.18. The molecule has 0 unspecified atom stereocenters. The fraction of sp³-hybridized carbons (Fsp3) is 0.100. The van der Waals surface area contributed by atoms with E-state index in [-0.39, 0.29) is 17.0 Å². The van der Waals surface area contributed by atoms with Gasteiger partial charge >= 0.3 is 6.18 Å². The van der Waals surface area contributed by atoms with Crippen LogP contribution in [-0.2, 0) is 13.2 Å². The molecule has 2 aromatic carbocycles. The second kappa shape index (κ2) is 7.51. The van der Waals surface area contributed by atoms with E-state index in [1.165, 1.54) is 23.5 Å². The van der Waals surface area contributed by atoms with Crippen molar-refractivity contribution in [2.75, 3.05) is 0 Å². The number of imidazole rings is 1. The number of halogens is 5. The lowest BCUT2D eigenvalue weighted by Crippen LogP contribution is -2.03. The lowest BCUT2D eigenvalue weighted by molar-refractivity contribution is -0.137. The van der Waals surface area contributed by atoms with Crippen LogP contribution in [0.4, 0.5) is 13.2 Å². The van der Waals surface area contributed by atoms with Crippen LogP contribution in [-0.4, -0.2) is 19.2 Å². The maximum Gasteiger partial charge on any atom is 0.416 e. The fourth-order valence-corrected chi connectivity index (χ4v) is 4.58. The Labute approximate surface area is 191 Å². The van der Waals surface area contributed by atoms with Gasteiger partial charge in [-0.15, -0.1) is 17.0 Å². The van der Waals surface area contributed by atoms with Gasteiger partial charge in [0.1, 0.15) is 5.01 Å². The smallest absolute Gasteiger partial charge is 0.350 e. The first-order valence-corrected chi connectivity index (χ1v) is 10.2. The molecule has 0 fully saturated rings. The maximum atomic E-state index is 12.8. The van der Waals surface area contributed by atoms with Crippen LogP contribution in [0.1, 0.15) is 5.56 Å². The number of hydrogen-bond donors (Lipinski definition) is 0. The molecule has 4 nitrogen and oxygen atoms in total. The van der Waals surface area contributed by atoms with Crippen molar-refractivity contribution in [2.24, 2.45) is 7.05 Å². The van der Waals surface area contributed by atoms with Crippen LogP contribution >= 0.6 is 44.2 Å². The van der Waals surface area contributed by atoms with Crippen LogP contribution < -0.4 is 0 Å². The fourth-order valence-electron chi connectivity index (χ4n) is 3.31. The molecule has 0 atom stereocenters. The molecular formula is C20H13Br2F3N4S. The third-order valence-electron chi connectivity index (χ3n) is 4.73. The van der Waals surface area contributed by atoms with Crippen molar-refractivity contribution < 1.29 is 13.2 Å². The van der Waals surface area contributed by atoms with Gasteiger partial charge in [0.25, 0.3) is 0 Å². The van der Waals surface area contributed by atoms with Crippen LogP contribution in [0, 0.1) is 0 Å². The SMILES string of the molecule is Br.Cn1cc(-c2nn3cc(-c4ccc(C(F)(F)F)cc4)nc3s2)c2cc(Br)ccc21. The lowest BCUT2D eigenvalue weighted by atomic mass is 10.1. The van der Waals surface area contributed by atoms with E-state index in [2.05, 4.69) is 36.6 Å². The highest BCUT2D eigenvalue weighted by atomic mass is 79.9. The molecule has 0 saturated heterocycles. The topological polar surface area (TPSA) is 35.1 Å². The normalized spacial score (nSPS) is 11.9. The molecular weight excluding hydrogens is 545 g/mol. The Bertz CT molecular complexity index is 1340. The zero-order chi connectivity index (χ0) is 20.3. The van der Waals surface area contributed by atoms with Crippen molar-refractivity contribution in [2.45, 2.75) is 6.18 Å². The molecule has 5 aromatic rings. The van der Waals surface area contributed by atoms with Crippen molar-refractivity contribution in [3.8, 4) is 21.8 Å². The van der Waals surface area contributed by atoms with Gasteiger partial charge in [0, 0.05) is 39.7 Å². The first kappa shape index (κ1) is 21.1. The van der Waals surface area contributed by atoms with Crippen molar-refractivity contribution >= 4 is 60.1 Å². The number of aryl methyl sites for hydroxylation is 1. The molecule has 0 aliphatic heterocycles. The van der Waals surface area contributed by atoms with Gasteiger partial charge in [-0.1, -0.05) is 39.4 Å². The molecule has 0 aliphatic rings. The zero-order valence-corrected chi connectivity index (χ0v) is 19.4. The Morgan fingerprint density at radius 3 is 2.43 bits per heavy atom. The molecule has 0 bridgehead atoms. The van der Waals surface area contributed by atoms with E-state index in [1.807, 2.05) is 25.4 Å². The average molecular weight is 558 g/mol. The molecule has 3 aromatic heterocycles. The molecule has 0 spiro atoms. The number of fused-ring (bicyclic) bond motifs is 2. The molecule has 5 rings (SSSR count). The number of benzene rings is 2. The van der Waals surface area contributed by atoms with Gasteiger partial charge in [0.15, 0.2) is 0 Å². The quantitative estimate of drug-likeness (QED) is 0.235. The highest BCUT2D eigenvalue weighted by molar-refractivity contribution is 9.10. The van der Waals surface area contributed by atoms with Crippen molar-refractivity contribution in [3.63, 3.8) is 0 Å². The second-order valence-electron chi connectivity index (χ2n) is 6.65. The van der Waals surface area contributed by atoms with Gasteiger partial charge in [0.05, 0.1) is 17.5 Å². The van der Waals surface area contributed by atoms with E-state index in [0.29, 0.717) is 16.2 Å². The maximum absolute atomic E-state index is 12.8. The second-order valence-corrected chi connectivity index (χ2v) is 8.52. The van der Waals surface area contributed by atoms with Crippen LogP contribution in [0.5, 0.6) is 0 Å². The average Bonchev–Trinajstić information content (AvgIpc) is 3.32. The molecule has 0 saturated carbocycles. The van der Waals surface area contributed by atoms with Crippen LogP contribution in [0.15, 0.2) is 59.3 Å². The van der Waals surface area contributed by atoms with Gasteiger partial charge in [-0.2, -0.15) is 18.3 Å². The number of aromatic nitrogens is 4. The summed E-state index contributed by atoms with van der Waals surface area (Å²) in [7, 11) is 1.99. The number of alkyl halides is 3. The van der Waals surface area contributed by atoms with E-state index in [4.69, 9.17) is 0 Å². The third kappa shape index (κ3) is 3.57. The summed E-state index contributed by atoms with van der Waals surface area (Å²) < 4.78 is 43.0. The molecule has 0 N–H and O–H groups in total. The molecule has 154 valence electrons. The van der Waals surface area contributed by atoms with Gasteiger partial charge in [-0.3, -0.25) is 0 Å². The zero-order valence-electron chi connectivity index (χ0n) is 15.3. The Kier molecular flexibility index (Phi) is 5.27. The van der Waals surface area contributed by atoms with E-state index in [0.717, 1.165) is 38.1 Å². The molecule has 0 radical (unpaired) electrons. The van der Waals surface area contributed by atoms with Crippen LogP contribution in [0.2, 0.25) is 0 Å². The summed E-state index contributed by atoms with van der Waals surface area (Å²) in [5.41, 5.74) is 2.64. The standard InChI is InChI=1S/C20H12BrF3N4S.BrH/c1-27-9-15(14-8-13(21)6-7-17(14)27)18-26-28-10-16(25-19(28)29-18)11-2-4-12(5-3-11)20(22,23)24;/h2-10H,1H3;1H. The van der Waals surface area contributed by atoms with E-state index >= 15 is 0 Å². The Balaban J connectivity index is 0.00000218. The summed E-state index contributed by atoms with van der Waals surface area (Å²) in [4.78, 5) is 5.23. The first-order valence-electron chi connectivity index (χ1n) is 8.58. The monoisotopic (exact) mass is 556 g/mol. The summed E-state index contributed by atoms with van der Waals surface area (Å²) in [5.74, 6) is 0. The molecule has 0 amide bonds. The predicted octanol–water partition coefficient (Wildman–Crippen LogP) is 6.98. The molecule has 3 heterocycles. The van der Waals surface area contributed by atoms with Crippen LogP contribution in [0.25, 0.3) is 37.7 Å². The Morgan fingerprint density at radius 1 is 1.03 bits per heavy atom. The van der Waals surface area contributed by atoms with E-state index in [1.54, 1.807) is 10.7 Å². The first-order chi connectivity index (χ1) is 13.8. The largest absolute Gasteiger partial charge is 0.416 e. The van der Waals surface area contributed by atoms with Gasteiger partial charge < -0.3 is 4.57 Å². The molecule has 0 aliphatic carbocycles. The summed E-state index contributed by atoms with van der Waals surface area (Å²) in [6, 6.07) is 11.1. The Hall–Kier alpha value is -2.17. The van der Waals surface area contributed by atoms with E-state index < -0.39 is 11.7 Å². The lowest BCUT2D eigenvalue weighted by Gasteiger charge is -2.06. The summed E-state index contributed by atoms with van der Waals surface area (Å²) in [5, 5.41) is 6.56. The minimum atomic E-state index is -4.35. The summed E-state index contributed by atoms with van der Waals surface area (Å²) in [6.07, 6.45) is -0.581. The predicted molar refractivity (Wildman–Crippen MR) is 121 cm³/mol. The minimum Gasteiger partial charge on any atom is -0.350 e. The molecule has 30 heavy (non-hydrogen) atoms. The number of nitrogens with zero attached hydrogens (tertiary/aromatic N) is 4. The molecule has 10 heteroatoms. The van der Waals surface area contributed by atoms with Crippen molar-refractivity contribution in [3.05, 3.63) is 64.9 Å². The summed E-state index contributed by atoms with van der Waals surface area (Å²) >= 11 is 4.95. The minimum absolute atomic E-state index is 0. The Morgan fingerprint density at radius 2 is 1.77 bits per heavy atom. The number of hydrogen-bond acceptors (Lipinski definition) is 3. The van der Waals surface area contributed by atoms with Gasteiger partial charge in [-0.25, -0.2) is 9.50 Å². The van der Waals surface area contributed by atoms with Crippen LogP contribution in [0.3, 0.4) is 0 Å².